The van der Waals surface area contributed by atoms with E-state index in [1.54, 1.807) is 5.56 Å². The van der Waals surface area contributed by atoms with Gasteiger partial charge in [-0.3, -0.25) is 0 Å². The molecule has 1 N–H and O–H groups in total. The number of rotatable bonds is 8. The highest BCUT2D eigenvalue weighted by molar-refractivity contribution is 7.99. The maximum absolute atomic E-state index is 3.81. The predicted octanol–water partition coefficient (Wildman–Crippen LogP) is 5.07. The Bertz CT molecular complexity index is 402. The van der Waals surface area contributed by atoms with Crippen LogP contribution >= 0.6 is 11.8 Å². The van der Waals surface area contributed by atoms with Crippen LogP contribution in [-0.4, -0.2) is 18.3 Å². The molecule has 1 aliphatic heterocycles. The van der Waals surface area contributed by atoms with Gasteiger partial charge in [0, 0.05) is 22.6 Å². The fourth-order valence-electron chi connectivity index (χ4n) is 3.04. The van der Waals surface area contributed by atoms with E-state index in [2.05, 4.69) is 50.4 Å². The molecule has 0 amide bonds. The van der Waals surface area contributed by atoms with E-state index in [9.17, 15) is 0 Å². The van der Waals surface area contributed by atoms with Gasteiger partial charge in [-0.05, 0) is 36.9 Å². The Morgan fingerprint density at radius 3 is 2.80 bits per heavy atom. The normalized spacial score (nSPS) is 19.3. The minimum Gasteiger partial charge on any atom is -0.313 e. The van der Waals surface area contributed by atoms with Gasteiger partial charge in [0.05, 0.1) is 0 Å². The highest BCUT2D eigenvalue weighted by Crippen LogP contribution is 2.42. The van der Waals surface area contributed by atoms with Crippen molar-refractivity contribution in [2.45, 2.75) is 63.3 Å². The summed E-state index contributed by atoms with van der Waals surface area (Å²) in [6, 6.07) is 9.64. The van der Waals surface area contributed by atoms with Crippen molar-refractivity contribution in [2.24, 2.45) is 5.92 Å². The molecule has 1 aromatic carbocycles. The summed E-state index contributed by atoms with van der Waals surface area (Å²) in [6.45, 7) is 8.07. The predicted molar refractivity (Wildman–Crippen MR) is 90.7 cm³/mol. The molecule has 1 aliphatic rings. The molecule has 0 saturated heterocycles. The largest absolute Gasteiger partial charge is 0.313 e. The first-order chi connectivity index (χ1) is 9.72. The molecule has 0 fully saturated rings. The first-order valence-electron chi connectivity index (χ1n) is 8.17. The minimum atomic E-state index is 0.657. The van der Waals surface area contributed by atoms with Gasteiger partial charge in [0.15, 0.2) is 0 Å². The third-order valence-electron chi connectivity index (χ3n) is 4.18. The van der Waals surface area contributed by atoms with Gasteiger partial charge in [-0.15, -0.1) is 11.8 Å². The summed E-state index contributed by atoms with van der Waals surface area (Å²) in [7, 11) is 0. The van der Waals surface area contributed by atoms with E-state index in [0.717, 1.165) is 12.5 Å². The summed E-state index contributed by atoms with van der Waals surface area (Å²) in [4.78, 5) is 1.50. The number of hydrogen-bond donors (Lipinski definition) is 1. The second-order valence-electron chi connectivity index (χ2n) is 6.34. The third-order valence-corrected chi connectivity index (χ3v) is 5.38. The van der Waals surface area contributed by atoms with E-state index in [-0.39, 0.29) is 0 Å². The lowest BCUT2D eigenvalue weighted by atomic mass is 9.89. The molecule has 1 heterocycles. The summed E-state index contributed by atoms with van der Waals surface area (Å²) >= 11 is 2.04. The quantitative estimate of drug-likeness (QED) is 0.717. The minimum absolute atomic E-state index is 0.657. The molecular weight excluding hydrogens is 262 g/mol. The molecule has 2 heteroatoms. The van der Waals surface area contributed by atoms with Crippen LogP contribution < -0.4 is 5.32 Å². The SMILES string of the molecule is CCCNC(CCCC(C)C)C1CSc2ccccc21. The molecule has 2 atom stereocenters. The lowest BCUT2D eigenvalue weighted by Crippen LogP contribution is -2.35. The Kier molecular flexibility index (Phi) is 6.44. The molecule has 0 aliphatic carbocycles. The van der Waals surface area contributed by atoms with Crippen LogP contribution in [0.3, 0.4) is 0 Å². The zero-order chi connectivity index (χ0) is 14.4. The first kappa shape index (κ1) is 15.9. The molecule has 0 aromatic heterocycles. The lowest BCUT2D eigenvalue weighted by Gasteiger charge is -2.25. The summed E-state index contributed by atoms with van der Waals surface area (Å²) < 4.78 is 0. The van der Waals surface area contributed by atoms with Crippen molar-refractivity contribution >= 4 is 11.8 Å². The maximum atomic E-state index is 3.81. The molecule has 20 heavy (non-hydrogen) atoms. The Morgan fingerprint density at radius 2 is 2.05 bits per heavy atom. The fraction of sp³-hybridized carbons (Fsp3) is 0.667. The van der Waals surface area contributed by atoms with Gasteiger partial charge in [-0.25, -0.2) is 0 Å². The first-order valence-corrected chi connectivity index (χ1v) is 9.16. The lowest BCUT2D eigenvalue weighted by molar-refractivity contribution is 0.399. The van der Waals surface area contributed by atoms with Crippen LogP contribution in [0.15, 0.2) is 29.2 Å². The van der Waals surface area contributed by atoms with Gasteiger partial charge in [0.25, 0.3) is 0 Å². The molecule has 0 radical (unpaired) electrons. The van der Waals surface area contributed by atoms with E-state index in [4.69, 9.17) is 0 Å². The van der Waals surface area contributed by atoms with Crippen LogP contribution in [0, 0.1) is 5.92 Å². The summed E-state index contributed by atoms with van der Waals surface area (Å²) in [5.41, 5.74) is 1.58. The molecule has 0 bridgehead atoms. The van der Waals surface area contributed by atoms with Crippen LogP contribution in [0.25, 0.3) is 0 Å². The Balaban J connectivity index is 1.99. The Morgan fingerprint density at radius 1 is 1.25 bits per heavy atom. The third kappa shape index (κ3) is 4.26. The summed E-state index contributed by atoms with van der Waals surface area (Å²) in [5, 5.41) is 3.81. The fourth-order valence-corrected chi connectivity index (χ4v) is 4.37. The smallest absolute Gasteiger partial charge is 0.0144 e. The van der Waals surface area contributed by atoms with Gasteiger partial charge in [0.2, 0.25) is 0 Å². The Labute approximate surface area is 128 Å². The van der Waals surface area contributed by atoms with Gasteiger partial charge in [0.1, 0.15) is 0 Å². The number of fused-ring (bicyclic) bond motifs is 1. The van der Waals surface area contributed by atoms with Gasteiger partial charge < -0.3 is 5.32 Å². The van der Waals surface area contributed by atoms with E-state index in [1.165, 1.54) is 36.3 Å². The van der Waals surface area contributed by atoms with Gasteiger partial charge >= 0.3 is 0 Å². The van der Waals surface area contributed by atoms with E-state index in [1.807, 2.05) is 11.8 Å². The van der Waals surface area contributed by atoms with Crippen molar-refractivity contribution in [3.8, 4) is 0 Å². The van der Waals surface area contributed by atoms with Crippen LogP contribution in [-0.2, 0) is 0 Å². The average molecular weight is 292 g/mol. The van der Waals surface area contributed by atoms with Crippen LogP contribution in [0.5, 0.6) is 0 Å². The van der Waals surface area contributed by atoms with E-state index >= 15 is 0 Å². The van der Waals surface area contributed by atoms with Crippen LogP contribution in [0.2, 0.25) is 0 Å². The molecule has 1 nitrogen and oxygen atoms in total. The van der Waals surface area contributed by atoms with Crippen molar-refractivity contribution in [3.05, 3.63) is 29.8 Å². The topological polar surface area (TPSA) is 12.0 Å². The van der Waals surface area contributed by atoms with Crippen molar-refractivity contribution in [3.63, 3.8) is 0 Å². The monoisotopic (exact) mass is 291 g/mol. The Hall–Kier alpha value is -0.470. The van der Waals surface area contributed by atoms with Gasteiger partial charge in [-0.2, -0.15) is 0 Å². The second kappa shape index (κ2) is 8.09. The molecule has 2 unspecified atom stereocenters. The zero-order valence-electron chi connectivity index (χ0n) is 13.2. The molecule has 0 spiro atoms. The molecule has 112 valence electrons. The standard InChI is InChI=1S/C18H29NS/c1-4-12-19-17(10-7-8-14(2)3)16-13-20-18-11-6-5-9-15(16)18/h5-6,9,11,14,16-17,19H,4,7-8,10,12-13H2,1-3H3. The zero-order valence-corrected chi connectivity index (χ0v) is 14.0. The van der Waals surface area contributed by atoms with E-state index in [0.29, 0.717) is 12.0 Å². The molecular formula is C18H29NS. The van der Waals surface area contributed by atoms with Crippen molar-refractivity contribution in [2.75, 3.05) is 12.3 Å². The number of hydrogen-bond acceptors (Lipinski definition) is 2. The van der Waals surface area contributed by atoms with Gasteiger partial charge in [-0.1, -0.05) is 51.8 Å². The van der Waals surface area contributed by atoms with Crippen LogP contribution in [0.1, 0.15) is 57.9 Å². The molecule has 0 saturated carbocycles. The molecule has 1 aromatic rings. The average Bonchev–Trinajstić information content (AvgIpc) is 2.86. The molecule has 2 rings (SSSR count). The number of thioether (sulfide) groups is 1. The van der Waals surface area contributed by atoms with Crippen molar-refractivity contribution in [1.29, 1.82) is 0 Å². The van der Waals surface area contributed by atoms with E-state index < -0.39 is 0 Å². The van der Waals surface area contributed by atoms with Crippen molar-refractivity contribution in [1.82, 2.24) is 5.32 Å². The summed E-state index contributed by atoms with van der Waals surface area (Å²) in [6.07, 6.45) is 5.24. The maximum Gasteiger partial charge on any atom is 0.0144 e. The second-order valence-corrected chi connectivity index (χ2v) is 7.40. The number of benzene rings is 1. The highest BCUT2D eigenvalue weighted by atomic mass is 32.2. The highest BCUT2D eigenvalue weighted by Gasteiger charge is 2.29. The van der Waals surface area contributed by atoms with Crippen molar-refractivity contribution < 1.29 is 0 Å². The number of nitrogens with one attached hydrogen (secondary N) is 1. The summed E-state index contributed by atoms with van der Waals surface area (Å²) in [5.74, 6) is 2.78. The van der Waals surface area contributed by atoms with Crippen LogP contribution in [0.4, 0.5) is 0 Å².